The highest BCUT2D eigenvalue weighted by Crippen LogP contribution is 2.22. The Morgan fingerprint density at radius 3 is 2.65 bits per heavy atom. The van der Waals surface area contributed by atoms with E-state index < -0.39 is 5.97 Å². The van der Waals surface area contributed by atoms with E-state index in [2.05, 4.69) is 9.97 Å². The lowest BCUT2D eigenvalue weighted by molar-refractivity contribution is 0.0693. The van der Waals surface area contributed by atoms with Gasteiger partial charge in [0.25, 0.3) is 0 Å². The van der Waals surface area contributed by atoms with Gasteiger partial charge < -0.3 is 9.84 Å². The van der Waals surface area contributed by atoms with Gasteiger partial charge in [-0.15, -0.1) is 0 Å². The van der Waals surface area contributed by atoms with Crippen LogP contribution in [-0.2, 0) is 0 Å². The molecular formula is C12H10N2O3. The van der Waals surface area contributed by atoms with Gasteiger partial charge in [0, 0.05) is 6.20 Å². The Hall–Kier alpha value is -2.43. The van der Waals surface area contributed by atoms with E-state index in [0.717, 1.165) is 5.56 Å². The van der Waals surface area contributed by atoms with Crippen LogP contribution in [0.5, 0.6) is 11.6 Å². The Balaban J connectivity index is 2.30. The zero-order valence-electron chi connectivity index (χ0n) is 9.12. The van der Waals surface area contributed by atoms with E-state index in [4.69, 9.17) is 9.84 Å². The first kappa shape index (κ1) is 11.1. The summed E-state index contributed by atoms with van der Waals surface area (Å²) in [7, 11) is 0. The molecule has 0 aliphatic carbocycles. The standard InChI is InChI=1S/C12H10N2O3/c1-8-2-4-9(5-3-8)17-11-10(12(15)16)6-13-7-14-11/h2-7H,1H3,(H,15,16). The molecule has 0 bridgehead atoms. The van der Waals surface area contributed by atoms with Gasteiger partial charge in [-0.1, -0.05) is 17.7 Å². The van der Waals surface area contributed by atoms with Crippen molar-refractivity contribution in [3.8, 4) is 11.6 Å². The van der Waals surface area contributed by atoms with Gasteiger partial charge >= 0.3 is 5.97 Å². The fourth-order valence-electron chi connectivity index (χ4n) is 1.26. The van der Waals surface area contributed by atoms with Gasteiger partial charge in [0.15, 0.2) is 0 Å². The molecule has 0 radical (unpaired) electrons. The van der Waals surface area contributed by atoms with Crippen LogP contribution in [0.25, 0.3) is 0 Å². The van der Waals surface area contributed by atoms with Gasteiger partial charge in [-0.05, 0) is 19.1 Å². The molecule has 17 heavy (non-hydrogen) atoms. The molecule has 0 saturated carbocycles. The molecule has 0 saturated heterocycles. The van der Waals surface area contributed by atoms with Crippen LogP contribution in [0.4, 0.5) is 0 Å². The van der Waals surface area contributed by atoms with Crippen molar-refractivity contribution in [3.63, 3.8) is 0 Å². The number of nitrogens with zero attached hydrogens (tertiary/aromatic N) is 2. The zero-order chi connectivity index (χ0) is 12.3. The van der Waals surface area contributed by atoms with Crippen molar-refractivity contribution in [2.75, 3.05) is 0 Å². The molecule has 0 unspecified atom stereocenters. The minimum Gasteiger partial charge on any atom is -0.477 e. The van der Waals surface area contributed by atoms with Crippen LogP contribution in [-0.4, -0.2) is 21.0 Å². The maximum atomic E-state index is 10.9. The third-order valence-electron chi connectivity index (χ3n) is 2.14. The van der Waals surface area contributed by atoms with Crippen LogP contribution in [0.2, 0.25) is 0 Å². The normalized spacial score (nSPS) is 9.94. The third kappa shape index (κ3) is 2.57. The van der Waals surface area contributed by atoms with Gasteiger partial charge in [-0.2, -0.15) is 0 Å². The fraction of sp³-hybridized carbons (Fsp3) is 0.0833. The molecule has 1 heterocycles. The molecule has 1 N–H and O–H groups in total. The lowest BCUT2D eigenvalue weighted by Gasteiger charge is -2.06. The maximum absolute atomic E-state index is 10.9. The molecule has 0 fully saturated rings. The highest BCUT2D eigenvalue weighted by molar-refractivity contribution is 5.89. The minimum absolute atomic E-state index is 0.0383. The molecule has 0 spiro atoms. The molecule has 2 rings (SSSR count). The van der Waals surface area contributed by atoms with Crippen molar-refractivity contribution in [1.29, 1.82) is 0 Å². The Bertz CT molecular complexity index is 538. The predicted octanol–water partition coefficient (Wildman–Crippen LogP) is 2.28. The lowest BCUT2D eigenvalue weighted by Crippen LogP contribution is -2.02. The smallest absolute Gasteiger partial charge is 0.342 e. The summed E-state index contributed by atoms with van der Waals surface area (Å²) >= 11 is 0. The average molecular weight is 230 g/mol. The first-order chi connectivity index (χ1) is 8.16. The second kappa shape index (κ2) is 4.61. The summed E-state index contributed by atoms with van der Waals surface area (Å²) in [6.45, 7) is 1.96. The van der Waals surface area contributed by atoms with E-state index in [1.54, 1.807) is 12.1 Å². The van der Waals surface area contributed by atoms with Crippen molar-refractivity contribution < 1.29 is 14.6 Å². The summed E-state index contributed by atoms with van der Waals surface area (Å²) in [5.74, 6) is -0.541. The van der Waals surface area contributed by atoms with Crippen LogP contribution in [0, 0.1) is 6.92 Å². The number of carboxylic acids is 1. The largest absolute Gasteiger partial charge is 0.477 e. The molecule has 1 aromatic heterocycles. The summed E-state index contributed by atoms with van der Waals surface area (Å²) in [6.07, 6.45) is 2.45. The summed E-state index contributed by atoms with van der Waals surface area (Å²) in [5.41, 5.74) is 1.03. The molecule has 2 aromatic rings. The van der Waals surface area contributed by atoms with E-state index in [1.807, 2.05) is 19.1 Å². The Morgan fingerprint density at radius 2 is 2.00 bits per heavy atom. The number of aromatic nitrogens is 2. The van der Waals surface area contributed by atoms with Crippen LogP contribution in [0.15, 0.2) is 36.8 Å². The first-order valence-corrected chi connectivity index (χ1v) is 4.94. The molecule has 5 nitrogen and oxygen atoms in total. The zero-order valence-corrected chi connectivity index (χ0v) is 9.12. The van der Waals surface area contributed by atoms with Crippen LogP contribution in [0.3, 0.4) is 0 Å². The number of benzene rings is 1. The number of rotatable bonds is 3. The molecule has 0 atom stereocenters. The summed E-state index contributed by atoms with van der Waals surface area (Å²) < 4.78 is 5.39. The number of aryl methyl sites for hydroxylation is 1. The van der Waals surface area contributed by atoms with E-state index >= 15 is 0 Å². The third-order valence-corrected chi connectivity index (χ3v) is 2.14. The SMILES string of the molecule is Cc1ccc(Oc2ncncc2C(=O)O)cc1. The minimum atomic E-state index is -1.12. The number of carbonyl (C=O) groups is 1. The van der Waals surface area contributed by atoms with Gasteiger partial charge in [-0.25, -0.2) is 14.8 Å². The Labute approximate surface area is 97.7 Å². The molecular weight excluding hydrogens is 220 g/mol. The summed E-state index contributed by atoms with van der Waals surface area (Å²) in [6, 6.07) is 7.25. The van der Waals surface area contributed by atoms with Crippen molar-refractivity contribution in [2.45, 2.75) is 6.92 Å². The summed E-state index contributed by atoms with van der Waals surface area (Å²) in [4.78, 5) is 18.4. The highest BCUT2D eigenvalue weighted by atomic mass is 16.5. The fourth-order valence-corrected chi connectivity index (χ4v) is 1.26. The lowest BCUT2D eigenvalue weighted by atomic mass is 10.2. The second-order valence-corrected chi connectivity index (χ2v) is 3.46. The van der Waals surface area contributed by atoms with Gasteiger partial charge in [0.05, 0.1) is 0 Å². The first-order valence-electron chi connectivity index (χ1n) is 4.94. The number of aromatic carboxylic acids is 1. The van der Waals surface area contributed by atoms with E-state index in [9.17, 15) is 4.79 Å². The Kier molecular flexibility index (Phi) is 3.00. The molecule has 0 aliphatic heterocycles. The summed E-state index contributed by atoms with van der Waals surface area (Å²) in [5, 5.41) is 8.93. The molecule has 0 aliphatic rings. The number of hydrogen-bond acceptors (Lipinski definition) is 4. The van der Waals surface area contributed by atoms with E-state index in [-0.39, 0.29) is 11.4 Å². The quantitative estimate of drug-likeness (QED) is 0.875. The maximum Gasteiger partial charge on any atom is 0.342 e. The van der Waals surface area contributed by atoms with Gasteiger partial charge in [0.1, 0.15) is 17.6 Å². The molecule has 5 heteroatoms. The molecule has 0 amide bonds. The van der Waals surface area contributed by atoms with Crippen molar-refractivity contribution in [1.82, 2.24) is 9.97 Å². The topological polar surface area (TPSA) is 72.3 Å². The number of ether oxygens (including phenoxy) is 1. The van der Waals surface area contributed by atoms with Crippen LogP contribution in [0.1, 0.15) is 15.9 Å². The number of carboxylic acid groups (broad SMARTS) is 1. The number of hydrogen-bond donors (Lipinski definition) is 1. The van der Waals surface area contributed by atoms with Crippen molar-refractivity contribution in [3.05, 3.63) is 47.9 Å². The van der Waals surface area contributed by atoms with Gasteiger partial charge in [-0.3, -0.25) is 0 Å². The Morgan fingerprint density at radius 1 is 1.29 bits per heavy atom. The highest BCUT2D eigenvalue weighted by Gasteiger charge is 2.13. The van der Waals surface area contributed by atoms with E-state index in [1.165, 1.54) is 12.5 Å². The molecule has 1 aromatic carbocycles. The van der Waals surface area contributed by atoms with Crippen LogP contribution >= 0.6 is 0 Å². The monoisotopic (exact) mass is 230 g/mol. The van der Waals surface area contributed by atoms with Gasteiger partial charge in [0.2, 0.25) is 5.88 Å². The van der Waals surface area contributed by atoms with E-state index in [0.29, 0.717) is 5.75 Å². The molecule has 86 valence electrons. The second-order valence-electron chi connectivity index (χ2n) is 3.46. The van der Waals surface area contributed by atoms with Crippen molar-refractivity contribution in [2.24, 2.45) is 0 Å². The predicted molar refractivity (Wildman–Crippen MR) is 60.2 cm³/mol. The van der Waals surface area contributed by atoms with Crippen molar-refractivity contribution >= 4 is 5.97 Å². The van der Waals surface area contributed by atoms with Crippen LogP contribution < -0.4 is 4.74 Å². The average Bonchev–Trinajstić information content (AvgIpc) is 2.32.